The highest BCUT2D eigenvalue weighted by Crippen LogP contribution is 2.27. The molecule has 0 atom stereocenters. The Morgan fingerprint density at radius 2 is 1.88 bits per heavy atom. The third-order valence-corrected chi connectivity index (χ3v) is 2.92. The molecule has 5 heteroatoms. The first kappa shape index (κ1) is 11.7. The van der Waals surface area contributed by atoms with Gasteiger partial charge in [-0.3, -0.25) is 4.79 Å². The highest BCUT2D eigenvalue weighted by Gasteiger charge is 2.31. The summed E-state index contributed by atoms with van der Waals surface area (Å²) >= 11 is 5.80. The van der Waals surface area contributed by atoms with Crippen molar-refractivity contribution in [3.05, 3.63) is 46.6 Å². The van der Waals surface area contributed by atoms with Gasteiger partial charge in [-0.1, -0.05) is 29.8 Å². The van der Waals surface area contributed by atoms with E-state index in [-0.39, 0.29) is 16.6 Å². The van der Waals surface area contributed by atoms with Crippen molar-refractivity contribution in [1.82, 2.24) is 4.90 Å². The Hall–Kier alpha value is -1.81. The summed E-state index contributed by atoms with van der Waals surface area (Å²) in [6, 6.07) is 8.55. The summed E-state index contributed by atoms with van der Waals surface area (Å²) in [5, 5.41) is 9.24. The number of benzene rings is 1. The third kappa shape index (κ3) is 2.17. The fourth-order valence-corrected chi connectivity index (χ4v) is 2.03. The van der Waals surface area contributed by atoms with Crippen molar-refractivity contribution in [3.63, 3.8) is 0 Å². The number of aliphatic carboxylic acids is 1. The van der Waals surface area contributed by atoms with Gasteiger partial charge in [0.25, 0.3) is 5.91 Å². The van der Waals surface area contributed by atoms with Crippen LogP contribution in [-0.4, -0.2) is 28.4 Å². The Labute approximate surface area is 103 Å². The number of carbonyl (C=O) groups is 2. The molecule has 1 aromatic rings. The second-order valence-electron chi connectivity index (χ2n) is 3.63. The SMILES string of the molecule is O=C(O)C1=C(Cl)CCN1C(=O)c1ccccc1. The summed E-state index contributed by atoms with van der Waals surface area (Å²) < 4.78 is 0. The second-order valence-corrected chi connectivity index (χ2v) is 4.09. The van der Waals surface area contributed by atoms with Crippen LogP contribution in [0.3, 0.4) is 0 Å². The van der Waals surface area contributed by atoms with Gasteiger partial charge in [-0.25, -0.2) is 4.79 Å². The zero-order valence-corrected chi connectivity index (χ0v) is 9.65. The number of nitrogens with zero attached hydrogens (tertiary/aromatic N) is 1. The van der Waals surface area contributed by atoms with Crippen LogP contribution in [0.4, 0.5) is 0 Å². The predicted octanol–water partition coefficient (Wildman–Crippen LogP) is 2.07. The third-order valence-electron chi connectivity index (χ3n) is 2.55. The summed E-state index contributed by atoms with van der Waals surface area (Å²) in [6.07, 6.45) is 0.391. The van der Waals surface area contributed by atoms with Crippen LogP contribution in [-0.2, 0) is 4.79 Å². The fourth-order valence-electron chi connectivity index (χ4n) is 1.76. The smallest absolute Gasteiger partial charge is 0.353 e. The molecule has 1 N–H and O–H groups in total. The number of hydrogen-bond acceptors (Lipinski definition) is 2. The molecular weight excluding hydrogens is 242 g/mol. The minimum atomic E-state index is -1.17. The van der Waals surface area contributed by atoms with Gasteiger partial charge in [0.05, 0.1) is 5.03 Å². The normalized spacial score (nSPS) is 15.2. The van der Waals surface area contributed by atoms with E-state index >= 15 is 0 Å². The summed E-state index contributed by atoms with van der Waals surface area (Å²) in [7, 11) is 0. The van der Waals surface area contributed by atoms with E-state index < -0.39 is 5.97 Å². The molecule has 0 radical (unpaired) electrons. The molecule has 88 valence electrons. The maximum atomic E-state index is 12.1. The number of carboxylic acid groups (broad SMARTS) is 1. The van der Waals surface area contributed by atoms with Crippen LogP contribution in [0.5, 0.6) is 0 Å². The van der Waals surface area contributed by atoms with Crippen molar-refractivity contribution in [2.75, 3.05) is 6.54 Å². The maximum Gasteiger partial charge on any atom is 0.353 e. The van der Waals surface area contributed by atoms with E-state index in [1.54, 1.807) is 30.3 Å². The molecule has 2 rings (SSSR count). The lowest BCUT2D eigenvalue weighted by molar-refractivity contribution is -0.134. The zero-order chi connectivity index (χ0) is 12.4. The van der Waals surface area contributed by atoms with Gasteiger partial charge < -0.3 is 10.0 Å². The molecule has 0 fully saturated rings. The number of rotatable bonds is 2. The van der Waals surface area contributed by atoms with Crippen LogP contribution in [0.2, 0.25) is 0 Å². The van der Waals surface area contributed by atoms with Crippen LogP contribution < -0.4 is 0 Å². The second kappa shape index (κ2) is 4.59. The topological polar surface area (TPSA) is 57.6 Å². The van der Waals surface area contributed by atoms with Gasteiger partial charge in [-0.15, -0.1) is 0 Å². The van der Waals surface area contributed by atoms with Crippen molar-refractivity contribution in [3.8, 4) is 0 Å². The van der Waals surface area contributed by atoms with Crippen molar-refractivity contribution in [2.24, 2.45) is 0 Å². The minimum absolute atomic E-state index is 0.111. The standard InChI is InChI=1S/C12H10ClNO3/c13-9-6-7-14(10(9)12(16)17)11(15)8-4-2-1-3-5-8/h1-5H,6-7H2,(H,16,17). The molecule has 0 saturated heterocycles. The molecule has 0 spiro atoms. The molecule has 1 aliphatic rings. The van der Waals surface area contributed by atoms with Gasteiger partial charge >= 0.3 is 5.97 Å². The Morgan fingerprint density at radius 3 is 2.47 bits per heavy atom. The van der Waals surface area contributed by atoms with E-state index in [2.05, 4.69) is 0 Å². The van der Waals surface area contributed by atoms with Crippen molar-refractivity contribution in [2.45, 2.75) is 6.42 Å². The number of hydrogen-bond donors (Lipinski definition) is 1. The largest absolute Gasteiger partial charge is 0.477 e. The molecule has 17 heavy (non-hydrogen) atoms. The molecule has 0 aliphatic carbocycles. The lowest BCUT2D eigenvalue weighted by Crippen LogP contribution is -2.31. The monoisotopic (exact) mass is 251 g/mol. The minimum Gasteiger partial charge on any atom is -0.477 e. The molecule has 1 heterocycles. The van der Waals surface area contributed by atoms with E-state index in [4.69, 9.17) is 16.7 Å². The fraction of sp³-hybridized carbons (Fsp3) is 0.167. The van der Waals surface area contributed by atoms with E-state index in [0.29, 0.717) is 18.5 Å². The quantitative estimate of drug-likeness (QED) is 0.875. The number of halogens is 1. The predicted molar refractivity (Wildman–Crippen MR) is 62.6 cm³/mol. The van der Waals surface area contributed by atoms with Crippen molar-refractivity contribution >= 4 is 23.5 Å². The number of carboxylic acids is 1. The summed E-state index contributed by atoms with van der Waals surface area (Å²) in [4.78, 5) is 24.3. The molecule has 0 bridgehead atoms. The number of carbonyl (C=O) groups excluding carboxylic acids is 1. The zero-order valence-electron chi connectivity index (χ0n) is 8.89. The molecule has 0 unspecified atom stereocenters. The van der Waals surface area contributed by atoms with E-state index in [9.17, 15) is 9.59 Å². The number of amides is 1. The van der Waals surface area contributed by atoms with E-state index in [0.717, 1.165) is 0 Å². The Kier molecular flexibility index (Phi) is 3.15. The molecule has 1 aromatic carbocycles. The molecular formula is C12H10ClNO3. The highest BCUT2D eigenvalue weighted by molar-refractivity contribution is 6.32. The van der Waals surface area contributed by atoms with Gasteiger partial charge in [0.15, 0.2) is 0 Å². The first-order chi connectivity index (χ1) is 8.11. The molecule has 4 nitrogen and oxygen atoms in total. The molecule has 0 saturated carbocycles. The van der Waals surface area contributed by atoms with Gasteiger partial charge in [0.1, 0.15) is 5.70 Å². The van der Waals surface area contributed by atoms with Crippen LogP contribution >= 0.6 is 11.6 Å². The van der Waals surface area contributed by atoms with Crippen LogP contribution in [0.25, 0.3) is 0 Å². The summed E-state index contributed by atoms with van der Waals surface area (Å²) in [5.41, 5.74) is 0.345. The highest BCUT2D eigenvalue weighted by atomic mass is 35.5. The lowest BCUT2D eigenvalue weighted by atomic mass is 10.2. The van der Waals surface area contributed by atoms with Gasteiger partial charge in [0.2, 0.25) is 0 Å². The first-order valence-electron chi connectivity index (χ1n) is 5.10. The summed E-state index contributed by atoms with van der Waals surface area (Å²) in [6.45, 7) is 0.314. The average Bonchev–Trinajstić information content (AvgIpc) is 2.71. The van der Waals surface area contributed by atoms with Gasteiger partial charge in [-0.2, -0.15) is 0 Å². The van der Waals surface area contributed by atoms with E-state index in [1.807, 2.05) is 0 Å². The first-order valence-corrected chi connectivity index (χ1v) is 5.48. The van der Waals surface area contributed by atoms with Gasteiger partial charge in [0, 0.05) is 18.5 Å². The Morgan fingerprint density at radius 1 is 1.24 bits per heavy atom. The average molecular weight is 252 g/mol. The van der Waals surface area contributed by atoms with Gasteiger partial charge in [-0.05, 0) is 12.1 Å². The molecule has 1 aliphatic heterocycles. The maximum absolute atomic E-state index is 12.1. The Bertz CT molecular complexity index is 496. The molecule has 1 amide bonds. The van der Waals surface area contributed by atoms with Crippen molar-refractivity contribution < 1.29 is 14.7 Å². The van der Waals surface area contributed by atoms with Crippen molar-refractivity contribution in [1.29, 1.82) is 0 Å². The summed E-state index contributed by atoms with van der Waals surface area (Å²) in [5.74, 6) is -1.50. The Balaban J connectivity index is 2.31. The van der Waals surface area contributed by atoms with Crippen LogP contribution in [0, 0.1) is 0 Å². The molecule has 0 aromatic heterocycles. The van der Waals surface area contributed by atoms with Crippen LogP contribution in [0.15, 0.2) is 41.1 Å². The van der Waals surface area contributed by atoms with E-state index in [1.165, 1.54) is 4.90 Å². The van der Waals surface area contributed by atoms with Crippen LogP contribution in [0.1, 0.15) is 16.8 Å². The lowest BCUT2D eigenvalue weighted by Gasteiger charge is -2.17.